The van der Waals surface area contributed by atoms with Crippen LogP contribution in [0.15, 0.2) is 42.6 Å². The number of nitrogens with one attached hydrogen (secondary N) is 2. The van der Waals surface area contributed by atoms with Crippen LogP contribution in [0, 0.1) is 17.1 Å². The summed E-state index contributed by atoms with van der Waals surface area (Å²) in [6.07, 6.45) is 5.64. The maximum Gasteiger partial charge on any atom is 0.166 e. The zero-order valence-corrected chi connectivity index (χ0v) is 15.3. The van der Waals surface area contributed by atoms with Gasteiger partial charge in [0.1, 0.15) is 6.07 Å². The molecular weight excluding hydrogens is 355 g/mol. The Kier molecular flexibility index (Phi) is 5.04. The Balaban J connectivity index is 1.69. The predicted molar refractivity (Wildman–Crippen MR) is 108 cm³/mol. The molecule has 7 heteroatoms. The maximum atomic E-state index is 14.5. The number of aromatic nitrogens is 2. The van der Waals surface area contributed by atoms with Gasteiger partial charge in [-0.1, -0.05) is 18.9 Å². The number of nitriles is 1. The Bertz CT molecular complexity index is 1040. The lowest BCUT2D eigenvalue weighted by Gasteiger charge is -2.30. The minimum Gasteiger partial charge on any atom is -0.363 e. The molecule has 4 rings (SSSR count). The molecule has 0 radical (unpaired) electrons. The first-order valence-corrected chi connectivity index (χ1v) is 9.39. The van der Waals surface area contributed by atoms with Crippen molar-refractivity contribution in [3.63, 3.8) is 0 Å². The van der Waals surface area contributed by atoms with Crippen molar-refractivity contribution in [1.29, 1.82) is 5.26 Å². The lowest BCUT2D eigenvalue weighted by atomic mass is 9.91. The molecule has 0 unspecified atom stereocenters. The molecule has 0 amide bonds. The molecule has 2 atom stereocenters. The van der Waals surface area contributed by atoms with E-state index < -0.39 is 5.82 Å². The second-order valence-electron chi connectivity index (χ2n) is 7.03. The number of nitrogens with zero attached hydrogens (tertiary/aromatic N) is 3. The van der Waals surface area contributed by atoms with Gasteiger partial charge in [-0.05, 0) is 43.2 Å². The number of anilines is 3. The van der Waals surface area contributed by atoms with Crippen molar-refractivity contribution < 1.29 is 4.39 Å². The normalized spacial score (nSPS) is 19.2. The molecule has 0 spiro atoms. The highest BCUT2D eigenvalue weighted by molar-refractivity contribution is 5.93. The van der Waals surface area contributed by atoms with Crippen LogP contribution in [0.5, 0.6) is 0 Å². The molecule has 1 aromatic carbocycles. The monoisotopic (exact) mass is 376 g/mol. The highest BCUT2D eigenvalue weighted by Gasteiger charge is 2.24. The third-order valence-electron chi connectivity index (χ3n) is 5.14. The molecule has 0 aliphatic heterocycles. The summed E-state index contributed by atoms with van der Waals surface area (Å²) in [6.45, 7) is 0. The van der Waals surface area contributed by atoms with Crippen molar-refractivity contribution in [2.24, 2.45) is 5.73 Å². The Morgan fingerprint density at radius 1 is 1.14 bits per heavy atom. The molecule has 3 aromatic rings. The summed E-state index contributed by atoms with van der Waals surface area (Å²) in [6, 6.07) is 12.6. The van der Waals surface area contributed by atoms with Crippen LogP contribution >= 0.6 is 0 Å². The summed E-state index contributed by atoms with van der Waals surface area (Å²) < 4.78 is 14.5. The molecule has 4 N–H and O–H groups in total. The SMILES string of the molecule is N#Cc1cc(F)c(N[C@@H]2CCCC[C@@H]2N)nc1Nc1cccc2ncccc12. The van der Waals surface area contributed by atoms with E-state index in [1.807, 2.05) is 36.4 Å². The summed E-state index contributed by atoms with van der Waals surface area (Å²) in [5, 5.41) is 16.6. The number of pyridine rings is 2. The Labute approximate surface area is 162 Å². The average molecular weight is 376 g/mol. The van der Waals surface area contributed by atoms with Crippen molar-refractivity contribution in [3.05, 3.63) is 54.0 Å². The van der Waals surface area contributed by atoms with Gasteiger partial charge in [-0.3, -0.25) is 4.98 Å². The predicted octanol–water partition coefficient (Wildman–Crippen LogP) is 4.07. The van der Waals surface area contributed by atoms with E-state index in [0.717, 1.165) is 42.3 Å². The van der Waals surface area contributed by atoms with Crippen molar-refractivity contribution in [3.8, 4) is 6.07 Å². The van der Waals surface area contributed by atoms with Crippen LogP contribution in [0.1, 0.15) is 31.2 Å². The first-order chi connectivity index (χ1) is 13.7. The number of nitrogens with two attached hydrogens (primary N) is 1. The molecule has 2 heterocycles. The van der Waals surface area contributed by atoms with Crippen LogP contribution in [0.2, 0.25) is 0 Å². The third-order valence-corrected chi connectivity index (χ3v) is 5.14. The standard InChI is InChI=1S/C21H21FN6/c22-15-11-13(12-23)20(28-21(15)27-19-7-2-1-6-16(19)24)26-18-9-3-8-17-14(18)5-4-10-25-17/h3-5,8-11,16,19H,1-2,6-7,24H2,(H2,26,27,28)/t16-,19+/m0/s1. The number of rotatable bonds is 4. The zero-order chi connectivity index (χ0) is 19.5. The van der Waals surface area contributed by atoms with E-state index in [2.05, 4.69) is 20.6 Å². The molecular formula is C21H21FN6. The van der Waals surface area contributed by atoms with Gasteiger partial charge >= 0.3 is 0 Å². The molecule has 0 bridgehead atoms. The van der Waals surface area contributed by atoms with Crippen molar-refractivity contribution in [2.75, 3.05) is 10.6 Å². The van der Waals surface area contributed by atoms with Crippen LogP contribution in [0.25, 0.3) is 10.9 Å². The average Bonchev–Trinajstić information content (AvgIpc) is 2.72. The molecule has 1 aliphatic rings. The highest BCUT2D eigenvalue weighted by Crippen LogP contribution is 2.29. The van der Waals surface area contributed by atoms with Gasteiger partial charge in [0, 0.05) is 29.4 Å². The van der Waals surface area contributed by atoms with Gasteiger partial charge in [0.15, 0.2) is 17.5 Å². The maximum absolute atomic E-state index is 14.5. The minimum absolute atomic E-state index is 0.0294. The second-order valence-corrected chi connectivity index (χ2v) is 7.03. The van der Waals surface area contributed by atoms with E-state index >= 15 is 0 Å². The van der Waals surface area contributed by atoms with E-state index in [4.69, 9.17) is 5.73 Å². The molecule has 0 saturated heterocycles. The molecule has 6 nitrogen and oxygen atoms in total. The molecule has 1 saturated carbocycles. The third kappa shape index (κ3) is 3.59. The smallest absolute Gasteiger partial charge is 0.166 e. The van der Waals surface area contributed by atoms with Gasteiger partial charge in [0.2, 0.25) is 0 Å². The first-order valence-electron chi connectivity index (χ1n) is 9.39. The fourth-order valence-corrected chi connectivity index (χ4v) is 3.62. The Hall–Kier alpha value is -3.24. The molecule has 28 heavy (non-hydrogen) atoms. The second kappa shape index (κ2) is 7.79. The lowest BCUT2D eigenvalue weighted by molar-refractivity contribution is 0.402. The fourth-order valence-electron chi connectivity index (χ4n) is 3.62. The summed E-state index contributed by atoms with van der Waals surface area (Å²) in [5.41, 5.74) is 7.88. The van der Waals surface area contributed by atoms with E-state index in [-0.39, 0.29) is 23.5 Å². The van der Waals surface area contributed by atoms with E-state index in [0.29, 0.717) is 5.82 Å². The van der Waals surface area contributed by atoms with Crippen LogP contribution in [0.3, 0.4) is 0 Å². The summed E-state index contributed by atoms with van der Waals surface area (Å²) in [4.78, 5) is 8.71. The molecule has 2 aromatic heterocycles. The zero-order valence-electron chi connectivity index (χ0n) is 15.3. The first kappa shape index (κ1) is 18.1. The van der Waals surface area contributed by atoms with Crippen LogP contribution in [-0.2, 0) is 0 Å². The fraction of sp³-hybridized carbons (Fsp3) is 0.286. The largest absolute Gasteiger partial charge is 0.363 e. The van der Waals surface area contributed by atoms with Crippen LogP contribution in [-0.4, -0.2) is 22.1 Å². The van der Waals surface area contributed by atoms with Gasteiger partial charge < -0.3 is 16.4 Å². The van der Waals surface area contributed by atoms with Crippen LogP contribution < -0.4 is 16.4 Å². The van der Waals surface area contributed by atoms with E-state index in [9.17, 15) is 9.65 Å². The number of hydrogen-bond acceptors (Lipinski definition) is 6. The van der Waals surface area contributed by atoms with Crippen molar-refractivity contribution in [2.45, 2.75) is 37.8 Å². The summed E-state index contributed by atoms with van der Waals surface area (Å²) in [7, 11) is 0. The molecule has 1 fully saturated rings. The van der Waals surface area contributed by atoms with Gasteiger partial charge in [0.25, 0.3) is 0 Å². The Morgan fingerprint density at radius 2 is 2.00 bits per heavy atom. The number of benzene rings is 1. The minimum atomic E-state index is -0.556. The molecule has 1 aliphatic carbocycles. The number of hydrogen-bond donors (Lipinski definition) is 3. The summed E-state index contributed by atoms with van der Waals surface area (Å²) >= 11 is 0. The summed E-state index contributed by atoms with van der Waals surface area (Å²) in [5.74, 6) is -0.145. The van der Waals surface area contributed by atoms with Gasteiger partial charge in [0.05, 0.1) is 11.1 Å². The van der Waals surface area contributed by atoms with Crippen molar-refractivity contribution in [1.82, 2.24) is 9.97 Å². The van der Waals surface area contributed by atoms with Gasteiger partial charge in [-0.2, -0.15) is 5.26 Å². The topological polar surface area (TPSA) is 99.7 Å². The Morgan fingerprint density at radius 3 is 2.82 bits per heavy atom. The number of halogens is 1. The van der Waals surface area contributed by atoms with Crippen LogP contribution in [0.4, 0.5) is 21.7 Å². The lowest BCUT2D eigenvalue weighted by Crippen LogP contribution is -2.43. The highest BCUT2D eigenvalue weighted by atomic mass is 19.1. The number of fused-ring (bicyclic) bond motifs is 1. The quantitative estimate of drug-likeness (QED) is 0.635. The van der Waals surface area contributed by atoms with Gasteiger partial charge in [-0.15, -0.1) is 0 Å². The van der Waals surface area contributed by atoms with Gasteiger partial charge in [-0.25, -0.2) is 9.37 Å². The van der Waals surface area contributed by atoms with E-state index in [1.165, 1.54) is 6.07 Å². The van der Waals surface area contributed by atoms with E-state index in [1.54, 1.807) is 6.20 Å². The van der Waals surface area contributed by atoms with Crippen molar-refractivity contribution >= 4 is 28.2 Å². The molecule has 142 valence electrons.